The Morgan fingerprint density at radius 2 is 2.06 bits per heavy atom. The normalized spacial score (nSPS) is 12.0. The number of hydrogen-bond acceptors (Lipinski definition) is 5. The molecule has 98 valence electrons. The third-order valence-corrected chi connectivity index (χ3v) is 3.98. The first-order chi connectivity index (χ1) is 8.42. The highest BCUT2D eigenvalue weighted by Gasteiger charge is 2.21. The summed E-state index contributed by atoms with van der Waals surface area (Å²) < 4.78 is 0. The molecule has 4 N–H and O–H groups in total. The summed E-state index contributed by atoms with van der Waals surface area (Å²) in [5.41, 5.74) is 6.43. The van der Waals surface area contributed by atoms with Crippen LogP contribution in [0.25, 0.3) is 0 Å². The maximum atomic E-state index is 11.6. The molecule has 1 aromatic rings. The summed E-state index contributed by atoms with van der Waals surface area (Å²) in [5, 5.41) is 15.5. The number of carbonyl (C=O) groups is 1. The molecule has 0 aliphatic rings. The molecule has 18 heavy (non-hydrogen) atoms. The molecule has 0 bridgehead atoms. The standard InChI is InChI=1S/C12H18N4OS/c1-6(2)7(3)16-12-8(5-13)9(14)10(18-12)11(17)15-4/h6-7,16H,14H2,1-4H3,(H,15,17). The van der Waals surface area contributed by atoms with E-state index < -0.39 is 0 Å². The average Bonchev–Trinajstić information content (AvgIpc) is 2.64. The highest BCUT2D eigenvalue weighted by atomic mass is 32.1. The number of amides is 1. The molecule has 1 unspecified atom stereocenters. The Morgan fingerprint density at radius 3 is 2.50 bits per heavy atom. The largest absolute Gasteiger partial charge is 0.396 e. The van der Waals surface area contributed by atoms with Gasteiger partial charge in [-0.15, -0.1) is 11.3 Å². The lowest BCUT2D eigenvalue weighted by atomic mass is 10.1. The van der Waals surface area contributed by atoms with Gasteiger partial charge in [-0.25, -0.2) is 0 Å². The van der Waals surface area contributed by atoms with Gasteiger partial charge >= 0.3 is 0 Å². The predicted octanol–water partition coefficient (Wildman–Crippen LogP) is 2.02. The minimum absolute atomic E-state index is 0.202. The molecule has 0 radical (unpaired) electrons. The second-order valence-electron chi connectivity index (χ2n) is 4.42. The van der Waals surface area contributed by atoms with Crippen LogP contribution in [0.4, 0.5) is 10.7 Å². The van der Waals surface area contributed by atoms with Crippen molar-refractivity contribution < 1.29 is 4.79 Å². The van der Waals surface area contributed by atoms with E-state index in [2.05, 4.69) is 30.6 Å². The summed E-state index contributed by atoms with van der Waals surface area (Å²) in [5.74, 6) is 0.155. The van der Waals surface area contributed by atoms with E-state index in [1.54, 1.807) is 0 Å². The third kappa shape index (κ3) is 2.74. The van der Waals surface area contributed by atoms with Gasteiger partial charge in [0.25, 0.3) is 5.91 Å². The van der Waals surface area contributed by atoms with Crippen LogP contribution in [-0.4, -0.2) is 19.0 Å². The first kappa shape index (κ1) is 14.3. The highest BCUT2D eigenvalue weighted by molar-refractivity contribution is 7.18. The van der Waals surface area contributed by atoms with Crippen molar-refractivity contribution in [3.05, 3.63) is 10.4 Å². The first-order valence-corrected chi connectivity index (χ1v) is 6.55. The Balaban J connectivity index is 3.13. The van der Waals surface area contributed by atoms with Gasteiger partial charge in [0.2, 0.25) is 0 Å². The van der Waals surface area contributed by atoms with Crippen molar-refractivity contribution in [2.24, 2.45) is 5.92 Å². The zero-order chi connectivity index (χ0) is 13.9. The van der Waals surface area contributed by atoms with Gasteiger partial charge in [0, 0.05) is 13.1 Å². The van der Waals surface area contributed by atoms with Gasteiger partial charge < -0.3 is 16.4 Å². The molecule has 6 heteroatoms. The van der Waals surface area contributed by atoms with Crippen molar-refractivity contribution >= 4 is 27.9 Å². The van der Waals surface area contributed by atoms with E-state index in [-0.39, 0.29) is 17.6 Å². The van der Waals surface area contributed by atoms with Gasteiger partial charge in [-0.3, -0.25) is 4.79 Å². The van der Waals surface area contributed by atoms with Crippen molar-refractivity contribution in [1.82, 2.24) is 5.32 Å². The van der Waals surface area contributed by atoms with Crippen molar-refractivity contribution in [2.45, 2.75) is 26.8 Å². The van der Waals surface area contributed by atoms with Crippen LogP contribution in [0, 0.1) is 17.2 Å². The van der Waals surface area contributed by atoms with Crippen LogP contribution in [0.1, 0.15) is 36.0 Å². The van der Waals surface area contributed by atoms with Crippen LogP contribution >= 0.6 is 11.3 Å². The van der Waals surface area contributed by atoms with E-state index in [0.717, 1.165) is 0 Å². The lowest BCUT2D eigenvalue weighted by Crippen LogP contribution is -2.21. The van der Waals surface area contributed by atoms with E-state index in [0.29, 0.717) is 21.4 Å². The predicted molar refractivity (Wildman–Crippen MR) is 74.8 cm³/mol. The fourth-order valence-corrected chi connectivity index (χ4v) is 2.43. The topological polar surface area (TPSA) is 90.9 Å². The van der Waals surface area contributed by atoms with Crippen LogP contribution in [0.3, 0.4) is 0 Å². The summed E-state index contributed by atoms with van der Waals surface area (Å²) in [6.07, 6.45) is 0. The maximum absolute atomic E-state index is 11.6. The van der Waals surface area contributed by atoms with Crippen LogP contribution < -0.4 is 16.4 Å². The smallest absolute Gasteiger partial charge is 0.263 e. The Morgan fingerprint density at radius 1 is 1.44 bits per heavy atom. The minimum atomic E-state index is -0.265. The van der Waals surface area contributed by atoms with E-state index >= 15 is 0 Å². The fraction of sp³-hybridized carbons (Fsp3) is 0.500. The average molecular weight is 266 g/mol. The summed E-state index contributed by atoms with van der Waals surface area (Å²) in [6, 6.07) is 2.25. The molecule has 1 rings (SSSR count). The lowest BCUT2D eigenvalue weighted by Gasteiger charge is -2.17. The summed E-state index contributed by atoms with van der Waals surface area (Å²) >= 11 is 1.22. The molecule has 1 aromatic heterocycles. The Kier molecular flexibility index (Phi) is 4.56. The zero-order valence-electron chi connectivity index (χ0n) is 11.0. The molecule has 0 aliphatic carbocycles. The van der Waals surface area contributed by atoms with Crippen molar-refractivity contribution in [3.63, 3.8) is 0 Å². The third-order valence-electron chi connectivity index (χ3n) is 2.85. The van der Waals surface area contributed by atoms with E-state index in [4.69, 9.17) is 11.0 Å². The summed E-state index contributed by atoms with van der Waals surface area (Å²) in [6.45, 7) is 6.20. The van der Waals surface area contributed by atoms with Crippen LogP contribution in [0.15, 0.2) is 0 Å². The zero-order valence-corrected chi connectivity index (χ0v) is 11.8. The highest BCUT2D eigenvalue weighted by Crippen LogP contribution is 2.35. The molecule has 0 aromatic carbocycles. The molecule has 0 saturated carbocycles. The summed E-state index contributed by atoms with van der Waals surface area (Å²) in [4.78, 5) is 12.0. The number of carbonyl (C=O) groups excluding carboxylic acids is 1. The van der Waals surface area contributed by atoms with Gasteiger partial charge in [-0.2, -0.15) is 5.26 Å². The fourth-order valence-electron chi connectivity index (χ4n) is 1.31. The molecular weight excluding hydrogens is 248 g/mol. The van der Waals surface area contributed by atoms with Crippen LogP contribution in [-0.2, 0) is 0 Å². The number of anilines is 2. The number of nitriles is 1. The molecule has 0 aliphatic heterocycles. The number of hydrogen-bond donors (Lipinski definition) is 3. The van der Waals surface area contributed by atoms with Gasteiger partial charge in [0.05, 0.1) is 5.69 Å². The molecular formula is C12H18N4OS. The molecule has 0 spiro atoms. The van der Waals surface area contributed by atoms with E-state index in [1.807, 2.05) is 6.92 Å². The second kappa shape index (κ2) is 5.74. The van der Waals surface area contributed by atoms with Crippen molar-refractivity contribution in [3.8, 4) is 6.07 Å². The quantitative estimate of drug-likeness (QED) is 0.777. The number of rotatable bonds is 4. The molecule has 1 amide bonds. The number of thiophene rings is 1. The lowest BCUT2D eigenvalue weighted by molar-refractivity contribution is 0.0968. The van der Waals surface area contributed by atoms with Crippen molar-refractivity contribution in [1.29, 1.82) is 5.26 Å². The van der Waals surface area contributed by atoms with E-state index in [1.165, 1.54) is 18.4 Å². The number of nitrogen functional groups attached to an aromatic ring is 1. The minimum Gasteiger partial charge on any atom is -0.396 e. The van der Waals surface area contributed by atoms with Gasteiger partial charge in [0.1, 0.15) is 21.5 Å². The number of nitrogens with zero attached hydrogens (tertiary/aromatic N) is 1. The van der Waals surface area contributed by atoms with Gasteiger partial charge in [-0.1, -0.05) is 13.8 Å². The SMILES string of the molecule is CNC(=O)c1sc(NC(C)C(C)C)c(C#N)c1N. The van der Waals surface area contributed by atoms with Gasteiger partial charge in [0.15, 0.2) is 0 Å². The molecule has 1 heterocycles. The number of nitrogens with two attached hydrogens (primary N) is 1. The Hall–Kier alpha value is -1.74. The molecule has 0 saturated heterocycles. The van der Waals surface area contributed by atoms with Crippen molar-refractivity contribution in [2.75, 3.05) is 18.1 Å². The summed E-state index contributed by atoms with van der Waals surface area (Å²) in [7, 11) is 1.54. The Labute approximate surface area is 111 Å². The number of nitrogens with one attached hydrogen (secondary N) is 2. The Bertz CT molecular complexity index is 487. The van der Waals surface area contributed by atoms with Crippen LogP contribution in [0.2, 0.25) is 0 Å². The van der Waals surface area contributed by atoms with Crippen LogP contribution in [0.5, 0.6) is 0 Å². The second-order valence-corrected chi connectivity index (χ2v) is 5.44. The molecule has 5 nitrogen and oxygen atoms in total. The van der Waals surface area contributed by atoms with E-state index in [9.17, 15) is 4.79 Å². The monoisotopic (exact) mass is 266 g/mol. The molecule has 0 fully saturated rings. The first-order valence-electron chi connectivity index (χ1n) is 5.73. The maximum Gasteiger partial charge on any atom is 0.263 e. The van der Waals surface area contributed by atoms with Gasteiger partial charge in [-0.05, 0) is 12.8 Å². The molecule has 1 atom stereocenters.